The molecule has 0 saturated carbocycles. The number of ether oxygens (including phenoxy) is 2. The first-order chi connectivity index (χ1) is 18.0. The SMILES string of the molecule is COCc1nn(Cc2ccc3c(c2)CCC3)cc1C(=O)NCc1c(-n2cc(C)nn2)ccc(OC)c1F. The van der Waals surface area contributed by atoms with Crippen molar-refractivity contribution >= 4 is 5.91 Å². The lowest BCUT2D eigenvalue weighted by molar-refractivity contribution is 0.0945. The summed E-state index contributed by atoms with van der Waals surface area (Å²) in [6.45, 7) is 2.43. The Hall–Kier alpha value is -4.05. The summed E-state index contributed by atoms with van der Waals surface area (Å²) in [6, 6.07) is 9.72. The Balaban J connectivity index is 1.38. The molecule has 1 aliphatic carbocycles. The Morgan fingerprint density at radius 3 is 2.73 bits per heavy atom. The second kappa shape index (κ2) is 10.5. The van der Waals surface area contributed by atoms with Crippen molar-refractivity contribution in [3.8, 4) is 11.4 Å². The lowest BCUT2D eigenvalue weighted by Crippen LogP contribution is -2.25. The molecule has 5 rings (SSSR count). The minimum absolute atomic E-state index is 0.0760. The number of hydrogen-bond acceptors (Lipinski definition) is 6. The maximum absolute atomic E-state index is 15.2. The summed E-state index contributed by atoms with van der Waals surface area (Å²) in [5, 5.41) is 15.5. The molecule has 0 bridgehead atoms. The number of nitrogens with zero attached hydrogens (tertiary/aromatic N) is 5. The van der Waals surface area contributed by atoms with Gasteiger partial charge in [-0.05, 0) is 55.0 Å². The molecule has 1 amide bonds. The standard InChI is InChI=1S/C27H29FN6O3/c1-17-13-34(32-30-17)24-9-10-25(37-3)26(28)21(24)12-29-27(35)22-15-33(31-23(22)16-36-2)14-18-7-8-19-5-4-6-20(19)11-18/h7-11,13,15H,4-6,12,14,16H2,1-3H3,(H,29,35). The molecule has 0 aliphatic heterocycles. The summed E-state index contributed by atoms with van der Waals surface area (Å²) in [5.74, 6) is -0.875. The average molecular weight is 505 g/mol. The van der Waals surface area contributed by atoms with Crippen LogP contribution in [0.4, 0.5) is 4.39 Å². The van der Waals surface area contributed by atoms with Crippen molar-refractivity contribution in [1.82, 2.24) is 30.1 Å². The Kier molecular flexibility index (Phi) is 7.00. The summed E-state index contributed by atoms with van der Waals surface area (Å²) in [4.78, 5) is 13.2. The number of amides is 1. The number of carbonyl (C=O) groups excluding carboxylic acids is 1. The minimum atomic E-state index is -0.571. The number of methoxy groups -OCH3 is 2. The highest BCUT2D eigenvalue weighted by Crippen LogP contribution is 2.27. The maximum atomic E-state index is 15.2. The predicted octanol–water partition coefficient (Wildman–Crippen LogP) is 3.53. The molecule has 192 valence electrons. The lowest BCUT2D eigenvalue weighted by Gasteiger charge is -2.14. The number of aromatic nitrogens is 5. The van der Waals surface area contributed by atoms with Crippen molar-refractivity contribution in [2.75, 3.05) is 14.2 Å². The lowest BCUT2D eigenvalue weighted by atomic mass is 10.1. The normalized spacial score (nSPS) is 12.5. The van der Waals surface area contributed by atoms with Crippen molar-refractivity contribution < 1.29 is 18.7 Å². The maximum Gasteiger partial charge on any atom is 0.255 e. The molecule has 0 spiro atoms. The number of nitrogens with one attached hydrogen (secondary N) is 1. The van der Waals surface area contributed by atoms with E-state index >= 15 is 4.39 Å². The van der Waals surface area contributed by atoms with Crippen molar-refractivity contribution in [2.45, 2.75) is 45.9 Å². The molecule has 0 radical (unpaired) electrons. The third kappa shape index (κ3) is 5.10. The van der Waals surface area contributed by atoms with Crippen LogP contribution in [0.1, 0.15) is 50.4 Å². The van der Waals surface area contributed by atoms with Crippen LogP contribution in [0.15, 0.2) is 42.7 Å². The zero-order valence-corrected chi connectivity index (χ0v) is 21.1. The van der Waals surface area contributed by atoms with E-state index in [4.69, 9.17) is 9.47 Å². The van der Waals surface area contributed by atoms with E-state index in [0.29, 0.717) is 29.2 Å². The van der Waals surface area contributed by atoms with Gasteiger partial charge in [0.2, 0.25) is 0 Å². The molecule has 9 nitrogen and oxygen atoms in total. The summed E-state index contributed by atoms with van der Waals surface area (Å²) in [6.07, 6.45) is 6.81. The van der Waals surface area contributed by atoms with Gasteiger partial charge in [0.25, 0.3) is 5.91 Å². The molecule has 2 aromatic heterocycles. The predicted molar refractivity (Wildman–Crippen MR) is 134 cm³/mol. The number of fused-ring (bicyclic) bond motifs is 1. The van der Waals surface area contributed by atoms with E-state index in [9.17, 15) is 4.79 Å². The molecule has 0 saturated heterocycles. The number of carbonyl (C=O) groups is 1. The van der Waals surface area contributed by atoms with E-state index in [1.165, 1.54) is 35.4 Å². The number of benzene rings is 2. The van der Waals surface area contributed by atoms with Crippen LogP contribution in [-0.2, 0) is 37.3 Å². The second-order valence-electron chi connectivity index (χ2n) is 9.14. The average Bonchev–Trinajstić information content (AvgIpc) is 3.63. The first-order valence-electron chi connectivity index (χ1n) is 12.2. The first kappa shape index (κ1) is 24.6. The zero-order chi connectivity index (χ0) is 25.9. The third-order valence-electron chi connectivity index (χ3n) is 6.55. The molecule has 37 heavy (non-hydrogen) atoms. The Labute approximate surface area is 214 Å². The molecule has 0 fully saturated rings. The van der Waals surface area contributed by atoms with Gasteiger partial charge >= 0.3 is 0 Å². The van der Waals surface area contributed by atoms with Crippen LogP contribution in [0.3, 0.4) is 0 Å². The third-order valence-corrected chi connectivity index (χ3v) is 6.55. The Morgan fingerprint density at radius 2 is 1.97 bits per heavy atom. The minimum Gasteiger partial charge on any atom is -0.494 e. The highest BCUT2D eigenvalue weighted by atomic mass is 19.1. The van der Waals surface area contributed by atoms with Gasteiger partial charge in [-0.15, -0.1) is 5.10 Å². The number of aryl methyl sites for hydroxylation is 3. The molecule has 1 N–H and O–H groups in total. The fourth-order valence-corrected chi connectivity index (χ4v) is 4.74. The van der Waals surface area contributed by atoms with Gasteiger partial charge in [-0.25, -0.2) is 9.07 Å². The van der Waals surface area contributed by atoms with E-state index in [1.807, 2.05) is 0 Å². The quantitative estimate of drug-likeness (QED) is 0.375. The molecule has 2 aromatic carbocycles. The fourth-order valence-electron chi connectivity index (χ4n) is 4.74. The van der Waals surface area contributed by atoms with Crippen LogP contribution < -0.4 is 10.1 Å². The number of halogens is 1. The smallest absolute Gasteiger partial charge is 0.255 e. The second-order valence-corrected chi connectivity index (χ2v) is 9.14. The van der Waals surface area contributed by atoms with E-state index < -0.39 is 5.82 Å². The fraction of sp³-hybridized carbons (Fsp3) is 0.333. The van der Waals surface area contributed by atoms with Crippen molar-refractivity contribution in [2.24, 2.45) is 0 Å². The molecule has 4 aromatic rings. The number of hydrogen-bond donors (Lipinski definition) is 1. The van der Waals surface area contributed by atoms with Gasteiger partial charge in [0.05, 0.1) is 43.4 Å². The van der Waals surface area contributed by atoms with Gasteiger partial charge in [0.1, 0.15) is 5.69 Å². The molecule has 0 atom stereocenters. The molecule has 1 aliphatic rings. The van der Waals surface area contributed by atoms with E-state index in [0.717, 1.165) is 18.4 Å². The molecule has 2 heterocycles. The van der Waals surface area contributed by atoms with Crippen molar-refractivity contribution in [3.63, 3.8) is 0 Å². The molecule has 0 unspecified atom stereocenters. The Bertz CT molecular complexity index is 1440. The van der Waals surface area contributed by atoms with Crippen LogP contribution in [0.25, 0.3) is 5.69 Å². The van der Waals surface area contributed by atoms with Gasteiger partial charge in [0.15, 0.2) is 11.6 Å². The van der Waals surface area contributed by atoms with Crippen molar-refractivity contribution in [3.05, 3.63) is 87.7 Å². The van der Waals surface area contributed by atoms with Crippen LogP contribution >= 0.6 is 0 Å². The number of rotatable bonds is 9. The van der Waals surface area contributed by atoms with Gasteiger partial charge in [-0.3, -0.25) is 9.48 Å². The molecular weight excluding hydrogens is 475 g/mol. The molecular formula is C27H29FN6O3. The largest absolute Gasteiger partial charge is 0.494 e. The molecule has 10 heteroatoms. The van der Waals surface area contributed by atoms with Gasteiger partial charge in [-0.2, -0.15) is 5.10 Å². The zero-order valence-electron chi connectivity index (χ0n) is 21.1. The van der Waals surface area contributed by atoms with Gasteiger partial charge < -0.3 is 14.8 Å². The van der Waals surface area contributed by atoms with Crippen molar-refractivity contribution in [1.29, 1.82) is 0 Å². The summed E-state index contributed by atoms with van der Waals surface area (Å²) in [7, 11) is 2.95. The van der Waals surface area contributed by atoms with Gasteiger partial charge in [-0.1, -0.05) is 23.4 Å². The Morgan fingerprint density at radius 1 is 1.14 bits per heavy atom. The summed E-state index contributed by atoms with van der Waals surface area (Å²) in [5.41, 5.74) is 6.20. The summed E-state index contributed by atoms with van der Waals surface area (Å²) < 4.78 is 28.9. The van der Waals surface area contributed by atoms with Crippen LogP contribution in [0, 0.1) is 12.7 Å². The van der Waals surface area contributed by atoms with E-state index in [-0.39, 0.29) is 30.4 Å². The van der Waals surface area contributed by atoms with Crippen LogP contribution in [0.2, 0.25) is 0 Å². The highest BCUT2D eigenvalue weighted by molar-refractivity contribution is 5.95. The van der Waals surface area contributed by atoms with Crippen LogP contribution in [0.5, 0.6) is 5.75 Å². The van der Waals surface area contributed by atoms with Crippen LogP contribution in [-0.4, -0.2) is 44.9 Å². The van der Waals surface area contributed by atoms with E-state index in [1.54, 1.807) is 37.2 Å². The first-order valence-corrected chi connectivity index (χ1v) is 12.2. The monoisotopic (exact) mass is 504 g/mol. The highest BCUT2D eigenvalue weighted by Gasteiger charge is 2.21. The van der Waals surface area contributed by atoms with Gasteiger partial charge in [0, 0.05) is 25.4 Å². The topological polar surface area (TPSA) is 96.1 Å². The van der Waals surface area contributed by atoms with E-state index in [2.05, 4.69) is 38.9 Å². The summed E-state index contributed by atoms with van der Waals surface area (Å²) >= 11 is 0.